The van der Waals surface area contributed by atoms with Crippen molar-refractivity contribution in [3.05, 3.63) is 78.2 Å². The minimum absolute atomic E-state index is 0.0694. The van der Waals surface area contributed by atoms with Crippen molar-refractivity contribution >= 4 is 17.2 Å². The van der Waals surface area contributed by atoms with E-state index in [4.69, 9.17) is 0 Å². The number of thiophene rings is 1. The fraction of sp³-hybridized carbons (Fsp3) is 0.304. The first kappa shape index (κ1) is 19.6. The van der Waals surface area contributed by atoms with E-state index < -0.39 is 0 Å². The van der Waals surface area contributed by atoms with Gasteiger partial charge in [-0.2, -0.15) is 0 Å². The molecule has 6 heteroatoms. The number of aromatic amines is 1. The highest BCUT2D eigenvalue weighted by atomic mass is 32.1. The fourth-order valence-corrected chi connectivity index (χ4v) is 4.61. The summed E-state index contributed by atoms with van der Waals surface area (Å²) in [4.78, 5) is 26.2. The van der Waals surface area contributed by atoms with Crippen LogP contribution in [0.1, 0.15) is 11.4 Å². The first-order valence-electron chi connectivity index (χ1n) is 9.96. The van der Waals surface area contributed by atoms with Gasteiger partial charge in [0, 0.05) is 43.4 Å². The number of imidazole rings is 1. The first-order valence-corrected chi connectivity index (χ1v) is 10.8. The van der Waals surface area contributed by atoms with Crippen molar-refractivity contribution in [1.29, 1.82) is 0 Å². The third-order valence-electron chi connectivity index (χ3n) is 5.35. The molecule has 0 saturated carbocycles. The molecule has 1 aliphatic rings. The molecule has 5 nitrogen and oxygen atoms in total. The zero-order chi connectivity index (χ0) is 20.1. The van der Waals surface area contributed by atoms with Crippen LogP contribution >= 0.6 is 11.3 Å². The van der Waals surface area contributed by atoms with E-state index in [0.29, 0.717) is 6.54 Å². The van der Waals surface area contributed by atoms with Crippen LogP contribution in [-0.2, 0) is 17.8 Å². The van der Waals surface area contributed by atoms with Crippen LogP contribution in [0.3, 0.4) is 0 Å². The largest absolute Gasteiger partial charge is 0.348 e. The highest BCUT2D eigenvalue weighted by Gasteiger charge is 2.30. The average Bonchev–Trinajstić information content (AvgIpc) is 3.42. The van der Waals surface area contributed by atoms with Gasteiger partial charge in [-0.1, -0.05) is 36.4 Å². The second kappa shape index (κ2) is 9.20. The zero-order valence-electron chi connectivity index (χ0n) is 16.5. The van der Waals surface area contributed by atoms with Gasteiger partial charge in [0.15, 0.2) is 0 Å². The van der Waals surface area contributed by atoms with Gasteiger partial charge in [-0.25, -0.2) is 4.98 Å². The molecule has 0 radical (unpaired) electrons. The lowest BCUT2D eigenvalue weighted by Gasteiger charge is -2.23. The maximum absolute atomic E-state index is 13.2. The predicted molar refractivity (Wildman–Crippen MR) is 118 cm³/mol. The van der Waals surface area contributed by atoms with Gasteiger partial charge in [0.25, 0.3) is 0 Å². The molecule has 0 aliphatic carbocycles. The van der Waals surface area contributed by atoms with Gasteiger partial charge in [-0.05, 0) is 29.0 Å². The third-order valence-corrected chi connectivity index (χ3v) is 6.26. The van der Waals surface area contributed by atoms with Crippen LogP contribution in [0.15, 0.2) is 66.8 Å². The van der Waals surface area contributed by atoms with Crippen LogP contribution in [0.4, 0.5) is 0 Å². The van der Waals surface area contributed by atoms with Gasteiger partial charge >= 0.3 is 0 Å². The minimum Gasteiger partial charge on any atom is -0.348 e. The molecular weight excluding hydrogens is 380 g/mol. The monoisotopic (exact) mass is 406 g/mol. The van der Waals surface area contributed by atoms with Crippen molar-refractivity contribution < 1.29 is 4.79 Å². The van der Waals surface area contributed by atoms with E-state index in [2.05, 4.69) is 63.2 Å². The number of hydrogen-bond acceptors (Lipinski definition) is 4. The maximum atomic E-state index is 13.2. The molecule has 29 heavy (non-hydrogen) atoms. The molecule has 1 aromatic carbocycles. The van der Waals surface area contributed by atoms with Crippen molar-refractivity contribution in [2.45, 2.75) is 13.0 Å². The SMILES string of the molecule is C=CCN1CCN(Cc2ncc[nH]2)CC(Cc2ccc(-c3cccs3)cc2)C1=O. The van der Waals surface area contributed by atoms with E-state index >= 15 is 0 Å². The molecule has 1 atom stereocenters. The standard InChI is InChI=1S/C23H26N4OS/c1-2-11-27-13-12-26(17-22-24-9-10-25-22)16-20(23(27)28)15-18-5-7-19(8-6-18)21-4-3-14-29-21/h2-10,14,20H,1,11-13,15-17H2,(H,24,25). The third kappa shape index (κ3) is 4.83. The first-order chi connectivity index (χ1) is 14.2. The normalized spacial score (nSPS) is 18.0. The highest BCUT2D eigenvalue weighted by Crippen LogP contribution is 2.26. The van der Waals surface area contributed by atoms with Crippen LogP contribution in [-0.4, -0.2) is 51.9 Å². The number of rotatable bonds is 7. The van der Waals surface area contributed by atoms with Crippen LogP contribution in [0.25, 0.3) is 10.4 Å². The van der Waals surface area contributed by atoms with Crippen LogP contribution in [0.2, 0.25) is 0 Å². The van der Waals surface area contributed by atoms with Gasteiger partial charge in [0.2, 0.25) is 5.91 Å². The van der Waals surface area contributed by atoms with Crippen molar-refractivity contribution in [3.8, 4) is 10.4 Å². The average molecular weight is 407 g/mol. The molecule has 1 saturated heterocycles. The molecule has 1 fully saturated rings. The number of aromatic nitrogens is 2. The second-order valence-electron chi connectivity index (χ2n) is 7.42. The maximum Gasteiger partial charge on any atom is 0.227 e. The lowest BCUT2D eigenvalue weighted by Crippen LogP contribution is -2.37. The number of carbonyl (C=O) groups is 1. The molecule has 3 heterocycles. The van der Waals surface area contributed by atoms with Crippen LogP contribution < -0.4 is 0 Å². The predicted octanol–water partition coefficient (Wildman–Crippen LogP) is 3.83. The van der Waals surface area contributed by atoms with Gasteiger partial charge < -0.3 is 9.88 Å². The van der Waals surface area contributed by atoms with Gasteiger partial charge in [0.05, 0.1) is 12.5 Å². The fourth-order valence-electron chi connectivity index (χ4n) is 3.87. The van der Waals surface area contributed by atoms with E-state index in [1.807, 2.05) is 17.2 Å². The highest BCUT2D eigenvalue weighted by molar-refractivity contribution is 7.13. The molecule has 1 amide bonds. The number of H-pyrrole nitrogens is 1. The Balaban J connectivity index is 1.50. The molecular formula is C23H26N4OS. The summed E-state index contributed by atoms with van der Waals surface area (Å²) in [6, 6.07) is 12.8. The molecule has 4 rings (SSSR count). The molecule has 3 aromatic rings. The Labute approximate surface area is 175 Å². The Morgan fingerprint density at radius 3 is 2.79 bits per heavy atom. The Morgan fingerprint density at radius 2 is 2.10 bits per heavy atom. The Bertz CT molecular complexity index is 918. The molecule has 1 aliphatic heterocycles. The molecule has 150 valence electrons. The zero-order valence-corrected chi connectivity index (χ0v) is 17.3. The lowest BCUT2D eigenvalue weighted by molar-refractivity contribution is -0.134. The van der Waals surface area contributed by atoms with E-state index in [-0.39, 0.29) is 11.8 Å². The smallest absolute Gasteiger partial charge is 0.227 e. The van der Waals surface area contributed by atoms with Crippen LogP contribution in [0, 0.1) is 5.92 Å². The molecule has 0 bridgehead atoms. The number of nitrogens with one attached hydrogen (secondary N) is 1. The van der Waals surface area contributed by atoms with Crippen molar-refractivity contribution in [2.24, 2.45) is 5.92 Å². The van der Waals surface area contributed by atoms with Gasteiger partial charge in [-0.3, -0.25) is 9.69 Å². The molecule has 1 N–H and O–H groups in total. The Hall–Kier alpha value is -2.70. The lowest BCUT2D eigenvalue weighted by atomic mass is 9.96. The molecule has 0 spiro atoms. The summed E-state index contributed by atoms with van der Waals surface area (Å²) in [6.45, 7) is 7.45. The second-order valence-corrected chi connectivity index (χ2v) is 8.37. The van der Waals surface area contributed by atoms with Crippen LogP contribution in [0.5, 0.6) is 0 Å². The quantitative estimate of drug-likeness (QED) is 0.607. The van der Waals surface area contributed by atoms with Crippen molar-refractivity contribution in [3.63, 3.8) is 0 Å². The van der Waals surface area contributed by atoms with Gasteiger partial charge in [0.1, 0.15) is 5.82 Å². The van der Waals surface area contributed by atoms with Gasteiger partial charge in [-0.15, -0.1) is 17.9 Å². The summed E-state index contributed by atoms with van der Waals surface area (Å²) in [5.41, 5.74) is 2.42. The van der Waals surface area contributed by atoms with E-state index in [1.54, 1.807) is 17.5 Å². The van der Waals surface area contributed by atoms with E-state index in [9.17, 15) is 4.79 Å². The summed E-state index contributed by atoms with van der Waals surface area (Å²) in [7, 11) is 0. The summed E-state index contributed by atoms with van der Waals surface area (Å²) >= 11 is 1.74. The van der Waals surface area contributed by atoms with E-state index in [1.165, 1.54) is 16.0 Å². The topological polar surface area (TPSA) is 52.2 Å². The number of nitrogens with zero attached hydrogens (tertiary/aromatic N) is 3. The number of hydrogen-bond donors (Lipinski definition) is 1. The Kier molecular flexibility index (Phi) is 6.22. The summed E-state index contributed by atoms with van der Waals surface area (Å²) < 4.78 is 0. The number of carbonyl (C=O) groups excluding carboxylic acids is 1. The Morgan fingerprint density at radius 1 is 1.24 bits per heavy atom. The van der Waals surface area contributed by atoms with Crippen molar-refractivity contribution in [1.82, 2.24) is 19.8 Å². The number of amides is 1. The summed E-state index contributed by atoms with van der Waals surface area (Å²) in [5, 5.41) is 2.09. The summed E-state index contributed by atoms with van der Waals surface area (Å²) in [5.74, 6) is 1.09. The van der Waals surface area contributed by atoms with Crippen molar-refractivity contribution in [2.75, 3.05) is 26.2 Å². The van der Waals surface area contributed by atoms with E-state index in [0.717, 1.165) is 38.4 Å². The summed E-state index contributed by atoms with van der Waals surface area (Å²) in [6.07, 6.45) is 6.17. The molecule has 2 aromatic heterocycles. The number of benzene rings is 1. The minimum atomic E-state index is -0.0694. The molecule has 1 unspecified atom stereocenters.